The quantitative estimate of drug-likeness (QED) is 0.842. The van der Waals surface area contributed by atoms with Gasteiger partial charge >= 0.3 is 0 Å². The van der Waals surface area contributed by atoms with Gasteiger partial charge in [0.25, 0.3) is 5.56 Å². The molecule has 0 aliphatic carbocycles. The number of ether oxygens (including phenoxy) is 1. The van der Waals surface area contributed by atoms with Gasteiger partial charge in [-0.15, -0.1) is 0 Å². The van der Waals surface area contributed by atoms with Crippen LogP contribution in [0.3, 0.4) is 0 Å². The molecule has 1 aliphatic rings. The van der Waals surface area contributed by atoms with Crippen LogP contribution in [0.15, 0.2) is 41.5 Å². The lowest BCUT2D eigenvalue weighted by Crippen LogP contribution is -2.24. The van der Waals surface area contributed by atoms with Crippen molar-refractivity contribution in [3.63, 3.8) is 0 Å². The molecule has 0 bridgehead atoms. The molecule has 1 aromatic carbocycles. The fraction of sp³-hybridized carbons (Fsp3) is 0.231. The average molecular weight is 243 g/mol. The second-order valence-corrected chi connectivity index (χ2v) is 4.14. The Balaban J connectivity index is 1.91. The van der Waals surface area contributed by atoms with Crippen molar-refractivity contribution < 1.29 is 4.74 Å². The second kappa shape index (κ2) is 4.52. The van der Waals surface area contributed by atoms with Gasteiger partial charge in [0, 0.05) is 24.4 Å². The molecule has 1 aliphatic heterocycles. The maximum Gasteiger partial charge on any atom is 0.290 e. The van der Waals surface area contributed by atoms with Crippen molar-refractivity contribution in [1.29, 1.82) is 0 Å². The molecule has 2 aromatic rings. The lowest BCUT2D eigenvalue weighted by Gasteiger charge is -2.26. The molecule has 0 saturated heterocycles. The highest BCUT2D eigenvalue weighted by atomic mass is 16.5. The van der Waals surface area contributed by atoms with Crippen molar-refractivity contribution in [2.75, 3.05) is 11.9 Å². The Hall–Kier alpha value is -2.30. The molecule has 3 rings (SSSR count). The molecule has 0 fully saturated rings. The first-order valence-electron chi connectivity index (χ1n) is 5.86. The number of anilines is 1. The number of rotatable bonds is 2. The molecule has 0 spiro atoms. The van der Waals surface area contributed by atoms with E-state index in [1.54, 1.807) is 6.20 Å². The van der Waals surface area contributed by atoms with E-state index in [1.165, 1.54) is 6.20 Å². The second-order valence-electron chi connectivity index (χ2n) is 4.14. The van der Waals surface area contributed by atoms with Crippen molar-refractivity contribution in [2.24, 2.45) is 0 Å². The summed E-state index contributed by atoms with van der Waals surface area (Å²) in [5.74, 6) is 1.22. The molecule has 0 radical (unpaired) electrons. The molecule has 5 nitrogen and oxygen atoms in total. The Kier molecular flexibility index (Phi) is 2.72. The van der Waals surface area contributed by atoms with E-state index in [2.05, 4.69) is 15.3 Å². The number of aromatic nitrogens is 2. The fourth-order valence-electron chi connectivity index (χ4n) is 2.11. The summed E-state index contributed by atoms with van der Waals surface area (Å²) in [6.45, 7) is 0.638. The predicted octanol–water partition coefficient (Wildman–Crippen LogP) is 1.71. The third-order valence-corrected chi connectivity index (χ3v) is 2.98. The Morgan fingerprint density at radius 2 is 2.28 bits per heavy atom. The maximum atomic E-state index is 11.6. The lowest BCUT2D eigenvalue weighted by molar-refractivity contribution is 0.274. The molecule has 18 heavy (non-hydrogen) atoms. The number of fused-ring (bicyclic) bond motifs is 1. The summed E-state index contributed by atoms with van der Waals surface area (Å²) in [6.07, 6.45) is 3.90. The van der Waals surface area contributed by atoms with Crippen LogP contribution in [-0.4, -0.2) is 16.6 Å². The zero-order valence-electron chi connectivity index (χ0n) is 9.72. The van der Waals surface area contributed by atoms with Crippen LogP contribution in [0.1, 0.15) is 18.0 Å². The van der Waals surface area contributed by atoms with Crippen LogP contribution < -0.4 is 15.6 Å². The van der Waals surface area contributed by atoms with Gasteiger partial charge in [-0.3, -0.25) is 4.79 Å². The van der Waals surface area contributed by atoms with Gasteiger partial charge in [-0.05, 0) is 6.07 Å². The number of para-hydroxylation sites is 1. The zero-order valence-corrected chi connectivity index (χ0v) is 9.72. The van der Waals surface area contributed by atoms with Gasteiger partial charge in [-0.1, -0.05) is 18.2 Å². The number of hydrogen-bond donors (Lipinski definition) is 2. The van der Waals surface area contributed by atoms with E-state index >= 15 is 0 Å². The number of nitrogens with zero attached hydrogens (tertiary/aromatic N) is 1. The molecule has 1 aromatic heterocycles. The highest BCUT2D eigenvalue weighted by Crippen LogP contribution is 2.32. The topological polar surface area (TPSA) is 67.0 Å². The number of H-pyrrole nitrogens is 1. The summed E-state index contributed by atoms with van der Waals surface area (Å²) >= 11 is 0. The molecule has 2 N–H and O–H groups in total. The van der Waals surface area contributed by atoms with Gasteiger partial charge in [0.15, 0.2) is 5.82 Å². The SMILES string of the molecule is O=c1[nH]ccnc1NC1CCOc2ccccc21. The smallest absolute Gasteiger partial charge is 0.290 e. The molecule has 0 saturated carbocycles. The normalized spacial score (nSPS) is 17.7. The first kappa shape index (κ1) is 10.8. The number of hydrogen-bond acceptors (Lipinski definition) is 4. The molecule has 92 valence electrons. The minimum Gasteiger partial charge on any atom is -0.493 e. The molecule has 5 heteroatoms. The van der Waals surface area contributed by atoms with Gasteiger partial charge in [0.2, 0.25) is 0 Å². The van der Waals surface area contributed by atoms with Crippen molar-refractivity contribution in [1.82, 2.24) is 9.97 Å². The summed E-state index contributed by atoms with van der Waals surface area (Å²) in [6, 6.07) is 7.90. The minimum atomic E-state index is -0.207. The highest BCUT2D eigenvalue weighted by molar-refractivity contribution is 5.43. The average Bonchev–Trinajstić information content (AvgIpc) is 2.42. The molecule has 2 heterocycles. The van der Waals surface area contributed by atoms with Crippen LogP contribution in [0, 0.1) is 0 Å². The van der Waals surface area contributed by atoms with Crippen LogP contribution in [0.5, 0.6) is 5.75 Å². The van der Waals surface area contributed by atoms with Crippen LogP contribution in [-0.2, 0) is 0 Å². The van der Waals surface area contributed by atoms with Crippen molar-refractivity contribution >= 4 is 5.82 Å². The zero-order chi connectivity index (χ0) is 12.4. The molecule has 1 atom stereocenters. The monoisotopic (exact) mass is 243 g/mol. The fourth-order valence-corrected chi connectivity index (χ4v) is 2.11. The van der Waals surface area contributed by atoms with E-state index in [9.17, 15) is 4.79 Å². The van der Waals surface area contributed by atoms with Gasteiger partial charge in [0.1, 0.15) is 5.75 Å². The summed E-state index contributed by atoms with van der Waals surface area (Å²) in [5, 5.41) is 3.17. The Labute approximate surface area is 104 Å². The van der Waals surface area contributed by atoms with Crippen molar-refractivity contribution in [2.45, 2.75) is 12.5 Å². The van der Waals surface area contributed by atoms with E-state index in [0.29, 0.717) is 12.4 Å². The summed E-state index contributed by atoms with van der Waals surface area (Å²) in [4.78, 5) is 18.2. The lowest BCUT2D eigenvalue weighted by atomic mass is 10.0. The van der Waals surface area contributed by atoms with E-state index < -0.39 is 0 Å². The Morgan fingerprint density at radius 1 is 1.39 bits per heavy atom. The first-order chi connectivity index (χ1) is 8.84. The minimum absolute atomic E-state index is 0.0611. The molecule has 0 amide bonds. The third-order valence-electron chi connectivity index (χ3n) is 2.98. The van der Waals surface area contributed by atoms with Crippen molar-refractivity contribution in [3.8, 4) is 5.75 Å². The van der Waals surface area contributed by atoms with Crippen LogP contribution in [0.4, 0.5) is 5.82 Å². The Bertz CT molecular complexity index is 609. The van der Waals surface area contributed by atoms with Crippen LogP contribution in [0.25, 0.3) is 0 Å². The van der Waals surface area contributed by atoms with E-state index in [-0.39, 0.29) is 11.6 Å². The molecular weight excluding hydrogens is 230 g/mol. The maximum absolute atomic E-state index is 11.6. The number of nitrogens with one attached hydrogen (secondary N) is 2. The van der Waals surface area contributed by atoms with E-state index in [0.717, 1.165) is 17.7 Å². The van der Waals surface area contributed by atoms with Gasteiger partial charge in [-0.25, -0.2) is 4.98 Å². The van der Waals surface area contributed by atoms with E-state index in [1.807, 2.05) is 24.3 Å². The summed E-state index contributed by atoms with van der Waals surface area (Å²) < 4.78 is 5.58. The predicted molar refractivity (Wildman–Crippen MR) is 67.8 cm³/mol. The molecule has 1 unspecified atom stereocenters. The van der Waals surface area contributed by atoms with E-state index in [4.69, 9.17) is 4.74 Å². The Morgan fingerprint density at radius 3 is 3.17 bits per heavy atom. The highest BCUT2D eigenvalue weighted by Gasteiger charge is 2.21. The summed E-state index contributed by atoms with van der Waals surface area (Å²) in [7, 11) is 0. The van der Waals surface area contributed by atoms with Crippen molar-refractivity contribution in [3.05, 3.63) is 52.6 Å². The largest absolute Gasteiger partial charge is 0.493 e. The third kappa shape index (κ3) is 1.95. The van der Waals surface area contributed by atoms with Gasteiger partial charge in [0.05, 0.1) is 12.6 Å². The molecular formula is C13H13N3O2. The first-order valence-corrected chi connectivity index (χ1v) is 5.86. The number of aromatic amines is 1. The summed E-state index contributed by atoms with van der Waals surface area (Å²) in [5.41, 5.74) is 0.857. The van der Waals surface area contributed by atoms with Crippen LogP contribution >= 0.6 is 0 Å². The van der Waals surface area contributed by atoms with Gasteiger partial charge < -0.3 is 15.0 Å². The standard InChI is InChI=1S/C13H13N3O2/c17-13-12(14-6-7-15-13)16-10-5-8-18-11-4-2-1-3-9(10)11/h1-4,6-7,10H,5,8H2,(H,14,16)(H,15,17). The number of benzene rings is 1. The van der Waals surface area contributed by atoms with Crippen LogP contribution in [0.2, 0.25) is 0 Å². The van der Waals surface area contributed by atoms with Gasteiger partial charge in [-0.2, -0.15) is 0 Å².